The van der Waals surface area contributed by atoms with Gasteiger partial charge in [-0.05, 0) is 25.4 Å². The molecule has 0 radical (unpaired) electrons. The molecular weight excluding hydrogens is 210 g/mol. The lowest BCUT2D eigenvalue weighted by atomic mass is 9.99. The first kappa shape index (κ1) is 9.34. The Bertz CT molecular complexity index is 292. The Morgan fingerprint density at radius 2 is 2.31 bits per heavy atom. The highest BCUT2D eigenvalue weighted by atomic mass is 35.5. The zero-order valence-corrected chi connectivity index (χ0v) is 8.98. The largest absolute Gasteiger partial charge is 0.317 e. The molecule has 5 heteroatoms. The van der Waals surface area contributed by atoms with E-state index in [0.29, 0.717) is 6.42 Å². The fraction of sp³-hybridized carbons (Fsp3) is 0.750. The lowest BCUT2D eigenvalue weighted by Crippen LogP contribution is -2.55. The molecule has 0 saturated carbocycles. The van der Waals surface area contributed by atoms with Crippen molar-refractivity contribution in [3.8, 4) is 0 Å². The van der Waals surface area contributed by atoms with Gasteiger partial charge in [-0.2, -0.15) is 0 Å². The fourth-order valence-corrected chi connectivity index (χ4v) is 4.01. The number of carbonyl (C=O) groups is 2. The van der Waals surface area contributed by atoms with Gasteiger partial charge in [0.15, 0.2) is 0 Å². The third-order valence-corrected chi connectivity index (χ3v) is 4.24. The summed E-state index contributed by atoms with van der Waals surface area (Å²) in [5.74, 6) is 0.0436. The highest BCUT2D eigenvalue weighted by Crippen LogP contribution is 2.50. The summed E-state index contributed by atoms with van der Waals surface area (Å²) in [6.07, 6.45) is 0.550. The van der Waals surface area contributed by atoms with Crippen molar-refractivity contribution in [3.63, 3.8) is 0 Å². The zero-order chi connectivity index (χ0) is 9.80. The van der Waals surface area contributed by atoms with Crippen molar-refractivity contribution in [1.82, 2.24) is 4.90 Å². The van der Waals surface area contributed by atoms with Crippen LogP contribution in [-0.4, -0.2) is 32.2 Å². The van der Waals surface area contributed by atoms with Crippen LogP contribution in [0.2, 0.25) is 0 Å². The molecule has 2 aliphatic heterocycles. The highest BCUT2D eigenvalue weighted by Gasteiger charge is 2.57. The number of hydrogen-bond acceptors (Lipinski definition) is 3. The molecule has 2 heterocycles. The molecule has 0 aromatic carbocycles. The molecule has 0 aromatic heterocycles. The van der Waals surface area contributed by atoms with Crippen molar-refractivity contribution < 1.29 is 9.59 Å². The summed E-state index contributed by atoms with van der Waals surface area (Å²) in [6.45, 7) is 3.91. The number of halogens is 1. The molecule has 0 aliphatic carbocycles. The number of nitrogens with zero attached hydrogens (tertiary/aromatic N) is 1. The summed E-state index contributed by atoms with van der Waals surface area (Å²) in [5, 5.41) is -0.247. The van der Waals surface area contributed by atoms with Crippen LogP contribution in [0.3, 0.4) is 0 Å². The molecule has 2 saturated heterocycles. The van der Waals surface area contributed by atoms with Crippen LogP contribution in [0.25, 0.3) is 0 Å². The van der Waals surface area contributed by atoms with Crippen LogP contribution in [0, 0.1) is 0 Å². The zero-order valence-electron chi connectivity index (χ0n) is 7.41. The molecule has 2 aliphatic rings. The van der Waals surface area contributed by atoms with Gasteiger partial charge in [-0.25, -0.2) is 0 Å². The van der Waals surface area contributed by atoms with Gasteiger partial charge in [0, 0.05) is 4.75 Å². The minimum Gasteiger partial charge on any atom is -0.317 e. The Balaban J connectivity index is 2.30. The van der Waals surface area contributed by atoms with Gasteiger partial charge >= 0.3 is 0 Å². The summed E-state index contributed by atoms with van der Waals surface area (Å²) in [7, 11) is 0. The van der Waals surface area contributed by atoms with E-state index in [2.05, 4.69) is 0 Å². The lowest BCUT2D eigenvalue weighted by Gasteiger charge is -2.36. The second-order valence-electron chi connectivity index (χ2n) is 3.89. The molecule has 13 heavy (non-hydrogen) atoms. The molecule has 1 amide bonds. The maximum atomic E-state index is 11.2. The van der Waals surface area contributed by atoms with Crippen molar-refractivity contribution in [2.45, 2.75) is 36.4 Å². The van der Waals surface area contributed by atoms with E-state index in [-0.39, 0.29) is 16.0 Å². The van der Waals surface area contributed by atoms with E-state index in [0.717, 1.165) is 0 Å². The van der Waals surface area contributed by atoms with E-state index >= 15 is 0 Å². The van der Waals surface area contributed by atoms with Crippen LogP contribution >= 0.6 is 23.4 Å². The Labute approximate surface area is 85.8 Å². The molecule has 2 fully saturated rings. The van der Waals surface area contributed by atoms with E-state index in [9.17, 15) is 9.59 Å². The van der Waals surface area contributed by atoms with Crippen LogP contribution < -0.4 is 0 Å². The number of carbonyl (C=O) groups excluding carboxylic acids is 2. The number of thioether (sulfide) groups is 1. The molecule has 0 unspecified atom stereocenters. The SMILES string of the molecule is CC1(C)S[C@@H]2CC(=O)N2[C@H]1C(=O)Cl. The molecule has 0 aromatic rings. The normalized spacial score (nSPS) is 35.6. The van der Waals surface area contributed by atoms with Crippen LogP contribution in [0.15, 0.2) is 0 Å². The van der Waals surface area contributed by atoms with E-state index < -0.39 is 11.3 Å². The quantitative estimate of drug-likeness (QED) is 0.491. The lowest BCUT2D eigenvalue weighted by molar-refractivity contribution is -0.147. The van der Waals surface area contributed by atoms with Gasteiger partial charge in [0.25, 0.3) is 0 Å². The standard InChI is InChI=1S/C8H10ClNO2S/c1-8(2)6(7(9)12)10-4(11)3-5(10)13-8/h5-6H,3H2,1-2H3/t5-,6+/m1/s1. The first-order chi connectivity index (χ1) is 5.93. The second kappa shape index (κ2) is 2.64. The predicted molar refractivity (Wildman–Crippen MR) is 51.6 cm³/mol. The van der Waals surface area contributed by atoms with Gasteiger partial charge in [0.05, 0.1) is 11.8 Å². The van der Waals surface area contributed by atoms with Crippen molar-refractivity contribution in [3.05, 3.63) is 0 Å². The Morgan fingerprint density at radius 1 is 1.69 bits per heavy atom. The number of β-lactam (4-membered cyclic amide) rings is 1. The minimum atomic E-state index is -0.439. The maximum Gasteiger partial charge on any atom is 0.245 e. The average Bonchev–Trinajstić information content (AvgIpc) is 2.18. The molecule has 0 bridgehead atoms. The number of amides is 1. The van der Waals surface area contributed by atoms with Crippen LogP contribution in [0.5, 0.6) is 0 Å². The molecular formula is C8H10ClNO2S. The minimum absolute atomic E-state index is 0.0436. The first-order valence-corrected chi connectivity index (χ1v) is 5.37. The van der Waals surface area contributed by atoms with Crippen molar-refractivity contribution in [2.75, 3.05) is 0 Å². The average molecular weight is 220 g/mol. The Morgan fingerprint density at radius 3 is 2.69 bits per heavy atom. The Hall–Kier alpha value is -0.220. The van der Waals surface area contributed by atoms with E-state index in [1.54, 1.807) is 16.7 Å². The van der Waals surface area contributed by atoms with Crippen molar-refractivity contribution in [1.29, 1.82) is 0 Å². The van der Waals surface area contributed by atoms with Crippen molar-refractivity contribution in [2.24, 2.45) is 0 Å². The number of hydrogen-bond donors (Lipinski definition) is 0. The smallest absolute Gasteiger partial charge is 0.245 e. The van der Waals surface area contributed by atoms with Gasteiger partial charge in [-0.1, -0.05) is 0 Å². The summed E-state index contributed by atoms with van der Waals surface area (Å²) < 4.78 is -0.240. The van der Waals surface area contributed by atoms with Crippen LogP contribution in [0.4, 0.5) is 0 Å². The van der Waals surface area contributed by atoms with E-state index in [1.807, 2.05) is 13.8 Å². The van der Waals surface area contributed by atoms with Gasteiger partial charge < -0.3 is 4.90 Å². The molecule has 0 spiro atoms. The molecule has 2 atom stereocenters. The monoisotopic (exact) mass is 219 g/mol. The van der Waals surface area contributed by atoms with Gasteiger partial charge in [0.1, 0.15) is 6.04 Å². The summed E-state index contributed by atoms with van der Waals surface area (Å²) >= 11 is 7.14. The van der Waals surface area contributed by atoms with Crippen LogP contribution in [-0.2, 0) is 9.59 Å². The molecule has 0 N–H and O–H groups in total. The summed E-state index contributed by atoms with van der Waals surface area (Å²) in [6, 6.07) is -0.439. The highest BCUT2D eigenvalue weighted by molar-refractivity contribution is 8.01. The van der Waals surface area contributed by atoms with Gasteiger partial charge in [-0.3, -0.25) is 9.59 Å². The second-order valence-corrected chi connectivity index (χ2v) is 6.09. The molecule has 2 rings (SSSR count). The van der Waals surface area contributed by atoms with Crippen LogP contribution in [0.1, 0.15) is 20.3 Å². The van der Waals surface area contributed by atoms with Gasteiger partial charge in [0.2, 0.25) is 11.1 Å². The third-order valence-electron chi connectivity index (χ3n) is 2.54. The molecule has 3 nitrogen and oxygen atoms in total. The predicted octanol–water partition coefficient (Wildman–Crippen LogP) is 1.20. The van der Waals surface area contributed by atoms with E-state index in [4.69, 9.17) is 11.6 Å². The summed E-state index contributed by atoms with van der Waals surface area (Å²) in [4.78, 5) is 24.0. The fourth-order valence-electron chi connectivity index (χ4n) is 1.94. The first-order valence-electron chi connectivity index (χ1n) is 4.12. The number of fused-ring (bicyclic) bond motifs is 1. The topological polar surface area (TPSA) is 37.4 Å². The summed E-state index contributed by atoms with van der Waals surface area (Å²) in [5.41, 5.74) is 0. The van der Waals surface area contributed by atoms with Crippen molar-refractivity contribution >= 4 is 34.5 Å². The Kier molecular flexibility index (Phi) is 1.90. The van der Waals surface area contributed by atoms with Gasteiger partial charge in [-0.15, -0.1) is 11.8 Å². The maximum absolute atomic E-state index is 11.2. The van der Waals surface area contributed by atoms with E-state index in [1.165, 1.54) is 0 Å². The molecule has 72 valence electrons. The number of rotatable bonds is 1. The third kappa shape index (κ3) is 1.19.